The first-order valence-corrected chi connectivity index (χ1v) is 10.6. The molecule has 1 amide bonds. The number of imidazole rings is 1. The summed E-state index contributed by atoms with van der Waals surface area (Å²) in [5.74, 6) is -0.693. The molecule has 31 heavy (non-hydrogen) atoms. The van der Waals surface area contributed by atoms with E-state index in [0.717, 1.165) is 43.6 Å². The number of piperidine rings is 1. The van der Waals surface area contributed by atoms with Crippen LogP contribution >= 0.6 is 0 Å². The minimum Gasteiger partial charge on any atom is -0.369 e. The number of halogens is 1. The first-order valence-electron chi connectivity index (χ1n) is 10.6. The van der Waals surface area contributed by atoms with Crippen molar-refractivity contribution in [2.75, 3.05) is 13.1 Å². The molecule has 0 spiro atoms. The Labute approximate surface area is 181 Å². The molecule has 1 aliphatic rings. The fourth-order valence-corrected chi connectivity index (χ4v) is 4.40. The van der Waals surface area contributed by atoms with Crippen LogP contribution in [0.15, 0.2) is 49.1 Å². The lowest BCUT2D eigenvalue weighted by atomic mass is 9.86. The van der Waals surface area contributed by atoms with Crippen LogP contribution in [0.1, 0.15) is 42.1 Å². The van der Waals surface area contributed by atoms with Crippen LogP contribution in [0.2, 0.25) is 0 Å². The second-order valence-electron chi connectivity index (χ2n) is 8.06. The van der Waals surface area contributed by atoms with Crippen molar-refractivity contribution >= 4 is 5.91 Å². The fourth-order valence-electron chi connectivity index (χ4n) is 4.40. The predicted molar refractivity (Wildman–Crippen MR) is 115 cm³/mol. The zero-order chi connectivity index (χ0) is 21.8. The first-order chi connectivity index (χ1) is 15.0. The molecule has 0 aliphatic carbocycles. The molecule has 0 radical (unpaired) electrons. The number of benzene rings is 1. The van der Waals surface area contributed by atoms with E-state index in [0.29, 0.717) is 18.1 Å². The molecule has 2 unspecified atom stereocenters. The van der Waals surface area contributed by atoms with Crippen LogP contribution in [-0.4, -0.2) is 49.5 Å². The van der Waals surface area contributed by atoms with E-state index in [1.165, 1.54) is 6.07 Å². The normalized spacial score (nSPS) is 18.1. The average molecular weight is 423 g/mol. The van der Waals surface area contributed by atoms with Crippen molar-refractivity contribution in [2.45, 2.75) is 44.6 Å². The minimum absolute atomic E-state index is 0.0512. The molecule has 2 atom stereocenters. The molecule has 4 rings (SSSR count). The quantitative estimate of drug-likeness (QED) is 0.632. The van der Waals surface area contributed by atoms with Crippen molar-refractivity contribution in [1.29, 1.82) is 0 Å². The molecule has 2 aromatic heterocycles. The molecule has 1 aliphatic heterocycles. The van der Waals surface area contributed by atoms with Gasteiger partial charge in [0.05, 0.1) is 11.6 Å². The molecular formula is C23H27FN6O. The summed E-state index contributed by atoms with van der Waals surface area (Å²) in [4.78, 5) is 28.1. The van der Waals surface area contributed by atoms with E-state index in [9.17, 15) is 9.18 Å². The number of nitrogens with two attached hydrogens (primary N) is 1. The molecule has 1 fully saturated rings. The average Bonchev–Trinajstić information content (AvgIpc) is 3.28. The van der Waals surface area contributed by atoms with Crippen molar-refractivity contribution in [3.05, 3.63) is 71.8 Å². The zero-order valence-corrected chi connectivity index (χ0v) is 17.6. The highest BCUT2D eigenvalue weighted by Crippen LogP contribution is 2.30. The number of aromatic nitrogens is 4. The monoisotopic (exact) mass is 422 g/mol. The van der Waals surface area contributed by atoms with Crippen molar-refractivity contribution in [1.82, 2.24) is 24.4 Å². The topological polar surface area (TPSA) is 89.9 Å². The number of hydrogen-bond donors (Lipinski definition) is 1. The third-order valence-electron chi connectivity index (χ3n) is 5.85. The van der Waals surface area contributed by atoms with Crippen molar-refractivity contribution < 1.29 is 9.18 Å². The predicted octanol–water partition coefficient (Wildman–Crippen LogP) is 2.78. The number of carbonyl (C=O) groups excluding carboxylic acids is 1. The van der Waals surface area contributed by atoms with E-state index in [4.69, 9.17) is 5.73 Å². The van der Waals surface area contributed by atoms with Gasteiger partial charge in [-0.3, -0.25) is 14.3 Å². The van der Waals surface area contributed by atoms with Gasteiger partial charge in [0, 0.05) is 30.7 Å². The van der Waals surface area contributed by atoms with Crippen LogP contribution in [0.3, 0.4) is 0 Å². The van der Waals surface area contributed by atoms with Crippen molar-refractivity contribution in [3.63, 3.8) is 0 Å². The maximum Gasteiger partial charge on any atom is 0.235 e. The SMILES string of the molecule is Cc1cc(C(C(N)=O)C2CCCCN2CCc2cccc(F)c2)nc(-n2ccnc2)n1. The van der Waals surface area contributed by atoms with Gasteiger partial charge in [0.1, 0.15) is 12.1 Å². The van der Waals surface area contributed by atoms with Crippen molar-refractivity contribution in [3.8, 4) is 5.95 Å². The van der Waals surface area contributed by atoms with E-state index in [1.807, 2.05) is 19.1 Å². The van der Waals surface area contributed by atoms with Gasteiger partial charge in [-0.25, -0.2) is 19.3 Å². The molecule has 3 aromatic rings. The maximum atomic E-state index is 13.6. The molecular weight excluding hydrogens is 395 g/mol. The van der Waals surface area contributed by atoms with E-state index < -0.39 is 11.8 Å². The van der Waals surface area contributed by atoms with E-state index >= 15 is 0 Å². The smallest absolute Gasteiger partial charge is 0.235 e. The summed E-state index contributed by atoms with van der Waals surface area (Å²) in [5, 5.41) is 0. The Bertz CT molecular complexity index is 1040. The Morgan fingerprint density at radius 3 is 2.90 bits per heavy atom. The number of rotatable bonds is 7. The van der Waals surface area contributed by atoms with Crippen molar-refractivity contribution in [2.24, 2.45) is 5.73 Å². The van der Waals surface area contributed by atoms with Crippen LogP contribution in [0, 0.1) is 12.7 Å². The van der Waals surface area contributed by atoms with Crippen LogP contribution in [0.25, 0.3) is 5.95 Å². The second kappa shape index (κ2) is 9.34. The van der Waals surface area contributed by atoms with Gasteiger partial charge in [0.2, 0.25) is 11.9 Å². The maximum absolute atomic E-state index is 13.6. The highest BCUT2D eigenvalue weighted by atomic mass is 19.1. The largest absolute Gasteiger partial charge is 0.369 e. The standard InChI is InChI=1S/C23H27FN6O/c1-16-13-19(28-23(27-16)30-12-9-26-15-30)21(22(25)31)20-7-2-3-10-29(20)11-8-17-5-4-6-18(24)14-17/h4-6,9,12-15,20-21H,2-3,7-8,10-11H2,1H3,(H2,25,31). The number of hydrogen-bond acceptors (Lipinski definition) is 5. The summed E-state index contributed by atoms with van der Waals surface area (Å²) < 4.78 is 15.3. The van der Waals surface area contributed by atoms with Gasteiger partial charge in [0.15, 0.2) is 0 Å². The number of aryl methyl sites for hydroxylation is 1. The van der Waals surface area contributed by atoms with Crippen LogP contribution < -0.4 is 5.73 Å². The molecule has 2 N–H and O–H groups in total. The Morgan fingerprint density at radius 1 is 1.29 bits per heavy atom. The minimum atomic E-state index is -0.545. The first kappa shape index (κ1) is 21.1. The van der Waals surface area contributed by atoms with Gasteiger partial charge in [0.25, 0.3) is 0 Å². The molecule has 162 valence electrons. The van der Waals surface area contributed by atoms with Gasteiger partial charge in [-0.2, -0.15) is 0 Å². The molecule has 0 bridgehead atoms. The van der Waals surface area contributed by atoms with Gasteiger partial charge in [-0.15, -0.1) is 0 Å². The zero-order valence-electron chi connectivity index (χ0n) is 17.6. The number of carbonyl (C=O) groups is 1. The van der Waals surface area contributed by atoms with Crippen LogP contribution in [0.5, 0.6) is 0 Å². The van der Waals surface area contributed by atoms with Crippen LogP contribution in [-0.2, 0) is 11.2 Å². The lowest BCUT2D eigenvalue weighted by molar-refractivity contribution is -0.121. The summed E-state index contributed by atoms with van der Waals surface area (Å²) in [5.41, 5.74) is 8.25. The Kier molecular flexibility index (Phi) is 6.36. The summed E-state index contributed by atoms with van der Waals surface area (Å²) >= 11 is 0. The highest BCUT2D eigenvalue weighted by molar-refractivity contribution is 5.82. The summed E-state index contributed by atoms with van der Waals surface area (Å²) in [6, 6.07) is 8.46. The molecule has 7 nitrogen and oxygen atoms in total. The van der Waals surface area contributed by atoms with Gasteiger partial charge >= 0.3 is 0 Å². The Morgan fingerprint density at radius 2 is 2.16 bits per heavy atom. The Balaban J connectivity index is 1.61. The Hall–Kier alpha value is -3.13. The van der Waals surface area contributed by atoms with E-state index in [1.54, 1.807) is 35.4 Å². The fraction of sp³-hybridized carbons (Fsp3) is 0.391. The second-order valence-corrected chi connectivity index (χ2v) is 8.06. The lowest BCUT2D eigenvalue weighted by Crippen LogP contribution is -2.48. The highest BCUT2D eigenvalue weighted by Gasteiger charge is 2.35. The molecule has 3 heterocycles. The van der Waals surface area contributed by atoms with Crippen LogP contribution in [0.4, 0.5) is 4.39 Å². The molecule has 1 aromatic carbocycles. The third kappa shape index (κ3) is 4.96. The van der Waals surface area contributed by atoms with Gasteiger partial charge < -0.3 is 5.73 Å². The molecule has 0 saturated carbocycles. The number of nitrogens with zero attached hydrogens (tertiary/aromatic N) is 5. The number of primary amides is 1. The van der Waals surface area contributed by atoms with E-state index in [-0.39, 0.29) is 11.9 Å². The summed E-state index contributed by atoms with van der Waals surface area (Å²) in [7, 11) is 0. The third-order valence-corrected chi connectivity index (χ3v) is 5.85. The van der Waals surface area contributed by atoms with Gasteiger partial charge in [-0.05, 0) is 56.5 Å². The summed E-state index contributed by atoms with van der Waals surface area (Å²) in [6.07, 6.45) is 8.72. The van der Waals surface area contributed by atoms with Gasteiger partial charge in [-0.1, -0.05) is 18.6 Å². The molecule has 8 heteroatoms. The lowest BCUT2D eigenvalue weighted by Gasteiger charge is -2.39. The number of likely N-dealkylation sites (tertiary alicyclic amines) is 1. The summed E-state index contributed by atoms with van der Waals surface area (Å²) in [6.45, 7) is 3.49. The molecule has 1 saturated heterocycles. The van der Waals surface area contributed by atoms with E-state index in [2.05, 4.69) is 19.9 Å². The number of amides is 1.